The summed E-state index contributed by atoms with van der Waals surface area (Å²) in [6, 6.07) is 0. The zero-order valence-corrected chi connectivity index (χ0v) is 17.4. The number of carbonyl (C=O) groups is 3. The Morgan fingerprint density at radius 3 is 2.40 bits per heavy atom. The van der Waals surface area contributed by atoms with Crippen molar-refractivity contribution in [2.24, 2.45) is 0 Å². The smallest absolute Gasteiger partial charge is 0.303 e. The third-order valence-corrected chi connectivity index (χ3v) is 4.27. The molecule has 0 radical (unpaired) electrons. The van der Waals surface area contributed by atoms with Gasteiger partial charge < -0.3 is 34.3 Å². The number of hydrogen-bond donors (Lipinski definition) is 3. The summed E-state index contributed by atoms with van der Waals surface area (Å²) in [4.78, 5) is 33.0. The van der Waals surface area contributed by atoms with E-state index in [9.17, 15) is 29.7 Å². The second kappa shape index (κ2) is 12.6. The van der Waals surface area contributed by atoms with E-state index in [0.717, 1.165) is 6.92 Å². The van der Waals surface area contributed by atoms with E-state index in [1.807, 2.05) is 0 Å². The largest absolute Gasteiger partial charge is 0.463 e. The lowest BCUT2D eigenvalue weighted by Crippen LogP contribution is -2.60. The van der Waals surface area contributed by atoms with Crippen LogP contribution in [0.1, 0.15) is 33.6 Å². The minimum absolute atomic E-state index is 0.0491. The first-order chi connectivity index (χ1) is 14.0. The molecule has 1 saturated heterocycles. The van der Waals surface area contributed by atoms with Crippen molar-refractivity contribution in [3.63, 3.8) is 0 Å². The zero-order chi connectivity index (χ0) is 22.8. The molecule has 0 amide bonds. The molecule has 170 valence electrons. The van der Waals surface area contributed by atoms with Crippen LogP contribution in [-0.4, -0.2) is 83.6 Å². The number of aliphatic hydroxyl groups excluding tert-OH is 3. The molecule has 0 aromatic heterocycles. The number of aliphatic hydroxyl groups is 3. The molecule has 0 saturated carbocycles. The molecule has 1 fully saturated rings. The lowest BCUT2D eigenvalue weighted by Gasteiger charge is -2.41. The molecule has 3 N–H and O–H groups in total. The Hall–Kier alpha value is -2.11. The van der Waals surface area contributed by atoms with Gasteiger partial charge in [-0.2, -0.15) is 0 Å². The van der Waals surface area contributed by atoms with Crippen molar-refractivity contribution in [3.8, 4) is 0 Å². The van der Waals surface area contributed by atoms with Crippen LogP contribution in [0.4, 0.5) is 0 Å². The van der Waals surface area contributed by atoms with Crippen LogP contribution in [-0.2, 0) is 33.3 Å². The van der Waals surface area contributed by atoms with Crippen molar-refractivity contribution in [1.29, 1.82) is 0 Å². The maximum Gasteiger partial charge on any atom is 0.303 e. The second-order valence-corrected chi connectivity index (χ2v) is 7.07. The van der Waals surface area contributed by atoms with Crippen molar-refractivity contribution < 1.29 is 48.7 Å². The van der Waals surface area contributed by atoms with Crippen molar-refractivity contribution in [2.75, 3.05) is 13.2 Å². The third-order valence-electron chi connectivity index (χ3n) is 4.27. The molecular weight excluding hydrogens is 400 g/mol. The summed E-state index contributed by atoms with van der Waals surface area (Å²) in [5.74, 6) is -1.29. The highest BCUT2D eigenvalue weighted by Crippen LogP contribution is 2.25. The van der Waals surface area contributed by atoms with E-state index in [1.165, 1.54) is 13.0 Å². The molecule has 6 atom stereocenters. The van der Waals surface area contributed by atoms with Crippen LogP contribution in [0.15, 0.2) is 23.8 Å². The number of ether oxygens (including phenoxy) is 4. The van der Waals surface area contributed by atoms with Gasteiger partial charge in [-0.05, 0) is 31.4 Å². The molecule has 0 aliphatic carbocycles. The van der Waals surface area contributed by atoms with E-state index in [-0.39, 0.29) is 19.6 Å². The standard InChI is InChI=1S/C20H30O10/c1-11(7-15(24)8-12(2)9-21)5-6-27-20-19(29-14(4)23)18(26)17(25)16(30-20)10-28-13(3)22/h8-9,15-20,24-26H,1,5-7,10H2,2-4H3/b12-8+/t15-,16+,17+,18-,19+,20+/m1/s1. The number of hydrogen-bond acceptors (Lipinski definition) is 10. The predicted molar refractivity (Wildman–Crippen MR) is 103 cm³/mol. The molecule has 30 heavy (non-hydrogen) atoms. The highest BCUT2D eigenvalue weighted by atomic mass is 16.7. The van der Waals surface area contributed by atoms with Crippen LogP contribution < -0.4 is 0 Å². The molecule has 1 rings (SSSR count). The van der Waals surface area contributed by atoms with E-state index in [2.05, 4.69) is 6.58 Å². The third kappa shape index (κ3) is 8.72. The number of allylic oxidation sites excluding steroid dienone is 1. The lowest BCUT2D eigenvalue weighted by molar-refractivity contribution is -0.304. The maximum atomic E-state index is 11.4. The second-order valence-electron chi connectivity index (χ2n) is 7.07. The topological polar surface area (TPSA) is 149 Å². The first kappa shape index (κ1) is 25.9. The highest BCUT2D eigenvalue weighted by molar-refractivity contribution is 5.72. The van der Waals surface area contributed by atoms with Gasteiger partial charge in [-0.1, -0.05) is 12.2 Å². The summed E-state index contributed by atoms with van der Waals surface area (Å²) >= 11 is 0. The van der Waals surface area contributed by atoms with Gasteiger partial charge in [-0.3, -0.25) is 14.4 Å². The molecule has 0 unspecified atom stereocenters. The van der Waals surface area contributed by atoms with Crippen LogP contribution in [0.3, 0.4) is 0 Å². The normalized spacial score (nSPS) is 27.8. The molecule has 0 spiro atoms. The van der Waals surface area contributed by atoms with Gasteiger partial charge in [-0.15, -0.1) is 0 Å². The Morgan fingerprint density at radius 1 is 1.17 bits per heavy atom. The number of esters is 2. The van der Waals surface area contributed by atoms with Crippen molar-refractivity contribution >= 4 is 18.2 Å². The monoisotopic (exact) mass is 430 g/mol. The molecule has 10 nitrogen and oxygen atoms in total. The van der Waals surface area contributed by atoms with Crippen LogP contribution in [0.5, 0.6) is 0 Å². The minimum Gasteiger partial charge on any atom is -0.463 e. The summed E-state index contributed by atoms with van der Waals surface area (Å²) < 4.78 is 21.0. The van der Waals surface area contributed by atoms with Crippen molar-refractivity contribution in [3.05, 3.63) is 23.8 Å². The summed E-state index contributed by atoms with van der Waals surface area (Å²) in [6.07, 6.45) is -4.87. The fourth-order valence-electron chi connectivity index (χ4n) is 2.81. The minimum atomic E-state index is -1.52. The summed E-state index contributed by atoms with van der Waals surface area (Å²) in [7, 11) is 0. The quantitative estimate of drug-likeness (QED) is 0.174. The van der Waals surface area contributed by atoms with Gasteiger partial charge in [-0.25, -0.2) is 0 Å². The summed E-state index contributed by atoms with van der Waals surface area (Å²) in [5, 5.41) is 30.4. The van der Waals surface area contributed by atoms with E-state index >= 15 is 0 Å². The number of aldehydes is 1. The molecule has 1 aliphatic heterocycles. The Bertz CT molecular complexity index is 641. The SMILES string of the molecule is C=C(CCO[C@H]1O[C@@H](COC(C)=O)[C@H](O)[C@@H](O)[C@@H]1OC(C)=O)C[C@@H](O)/C=C(\C)C=O. The number of carbonyl (C=O) groups excluding carboxylic acids is 3. The number of rotatable bonds is 11. The molecule has 1 aliphatic rings. The van der Waals surface area contributed by atoms with Crippen LogP contribution in [0.25, 0.3) is 0 Å². The Kier molecular flexibility index (Phi) is 10.8. The van der Waals surface area contributed by atoms with Gasteiger partial charge in [0.25, 0.3) is 0 Å². The zero-order valence-electron chi connectivity index (χ0n) is 17.4. The van der Waals surface area contributed by atoms with Gasteiger partial charge in [0.15, 0.2) is 12.4 Å². The first-order valence-electron chi connectivity index (χ1n) is 9.47. The van der Waals surface area contributed by atoms with E-state index < -0.39 is 48.7 Å². The van der Waals surface area contributed by atoms with E-state index in [4.69, 9.17) is 18.9 Å². The highest BCUT2D eigenvalue weighted by Gasteiger charge is 2.47. The Labute approximate surface area is 175 Å². The average molecular weight is 430 g/mol. The maximum absolute atomic E-state index is 11.4. The Morgan fingerprint density at radius 2 is 1.83 bits per heavy atom. The van der Waals surface area contributed by atoms with Crippen LogP contribution >= 0.6 is 0 Å². The van der Waals surface area contributed by atoms with Crippen LogP contribution in [0.2, 0.25) is 0 Å². The van der Waals surface area contributed by atoms with Crippen LogP contribution in [0, 0.1) is 0 Å². The van der Waals surface area contributed by atoms with Gasteiger partial charge in [0.05, 0.1) is 12.7 Å². The average Bonchev–Trinajstić information content (AvgIpc) is 2.65. The summed E-state index contributed by atoms with van der Waals surface area (Å²) in [5.41, 5.74) is 1.03. The predicted octanol–water partition coefficient (Wildman–Crippen LogP) is -0.213. The molecule has 10 heteroatoms. The Balaban J connectivity index is 2.69. The fraction of sp³-hybridized carbons (Fsp3) is 0.650. The molecule has 0 aromatic carbocycles. The van der Waals surface area contributed by atoms with Gasteiger partial charge >= 0.3 is 11.9 Å². The van der Waals surface area contributed by atoms with E-state index in [1.54, 1.807) is 6.92 Å². The van der Waals surface area contributed by atoms with Gasteiger partial charge in [0.1, 0.15) is 31.2 Å². The lowest BCUT2D eigenvalue weighted by atomic mass is 9.99. The fourth-order valence-corrected chi connectivity index (χ4v) is 2.81. The molecule has 0 bridgehead atoms. The molecule has 0 aromatic rings. The van der Waals surface area contributed by atoms with Crippen molar-refractivity contribution in [1.82, 2.24) is 0 Å². The van der Waals surface area contributed by atoms with Gasteiger partial charge in [0.2, 0.25) is 0 Å². The van der Waals surface area contributed by atoms with Gasteiger partial charge in [0, 0.05) is 13.8 Å². The van der Waals surface area contributed by atoms with Crippen molar-refractivity contribution in [2.45, 2.75) is 70.4 Å². The summed E-state index contributed by atoms with van der Waals surface area (Å²) in [6.45, 7) is 7.47. The molecule has 1 heterocycles. The van der Waals surface area contributed by atoms with E-state index in [0.29, 0.717) is 23.9 Å². The first-order valence-corrected chi connectivity index (χ1v) is 9.47. The molecular formula is C20H30O10.